The molecular formula is C26H29Cl2N3O5. The van der Waals surface area contributed by atoms with Crippen molar-refractivity contribution >= 4 is 40.9 Å². The van der Waals surface area contributed by atoms with Crippen molar-refractivity contribution in [1.29, 1.82) is 0 Å². The Morgan fingerprint density at radius 1 is 1.03 bits per heavy atom. The lowest BCUT2D eigenvalue weighted by Gasteiger charge is -2.44. The predicted molar refractivity (Wildman–Crippen MR) is 137 cm³/mol. The van der Waals surface area contributed by atoms with Crippen LogP contribution >= 0.6 is 23.2 Å². The largest absolute Gasteiger partial charge is 0.497 e. The molecule has 0 radical (unpaired) electrons. The minimum absolute atomic E-state index is 0.0784. The molecule has 2 aliphatic heterocycles. The number of piperidine rings is 1. The standard InChI is InChI=1S/C26H29Cl2N3O5/c1-16(2)29-23(32)22-15-36-26(31(22)25(34)17-5-4-6-19(13-17)35-3)9-11-30(12-10-26)24(33)18-7-8-20(27)21(28)14-18/h4-8,13-14,16,22H,9-12,15H2,1-3H3,(H,29,32)/t22-/m1/s1. The van der Waals surface area contributed by atoms with Gasteiger partial charge in [0.2, 0.25) is 5.91 Å². The number of rotatable bonds is 5. The number of hydrogen-bond acceptors (Lipinski definition) is 5. The molecule has 2 heterocycles. The first-order chi connectivity index (χ1) is 17.1. The zero-order valence-electron chi connectivity index (χ0n) is 20.4. The fourth-order valence-electron chi connectivity index (χ4n) is 4.71. The Morgan fingerprint density at radius 2 is 1.72 bits per heavy atom. The molecule has 2 saturated heterocycles. The highest BCUT2D eigenvalue weighted by molar-refractivity contribution is 6.42. The SMILES string of the molecule is COc1cccc(C(=O)N2[C@@H](C(=O)NC(C)C)COC23CCN(C(=O)c2ccc(Cl)c(Cl)c2)CC3)c1. The van der Waals surface area contributed by atoms with Gasteiger partial charge in [0.15, 0.2) is 0 Å². The zero-order valence-corrected chi connectivity index (χ0v) is 21.9. The summed E-state index contributed by atoms with van der Waals surface area (Å²) in [4.78, 5) is 43.2. The number of hydrogen-bond donors (Lipinski definition) is 1. The third-order valence-electron chi connectivity index (χ3n) is 6.53. The molecule has 0 bridgehead atoms. The summed E-state index contributed by atoms with van der Waals surface area (Å²) >= 11 is 12.1. The monoisotopic (exact) mass is 533 g/mol. The molecule has 0 aliphatic carbocycles. The van der Waals surface area contributed by atoms with Gasteiger partial charge < -0.3 is 19.7 Å². The second kappa shape index (κ2) is 10.7. The van der Waals surface area contributed by atoms with Crippen LogP contribution in [0.3, 0.4) is 0 Å². The van der Waals surface area contributed by atoms with Crippen LogP contribution in [0, 0.1) is 0 Å². The molecule has 3 amide bonds. The normalized spacial score (nSPS) is 19.0. The summed E-state index contributed by atoms with van der Waals surface area (Å²) in [5, 5.41) is 3.59. The molecule has 1 spiro atoms. The molecule has 1 N–H and O–H groups in total. The number of methoxy groups -OCH3 is 1. The van der Waals surface area contributed by atoms with E-state index in [-0.39, 0.29) is 30.4 Å². The quantitative estimate of drug-likeness (QED) is 0.627. The number of likely N-dealkylation sites (tertiary alicyclic amines) is 1. The van der Waals surface area contributed by atoms with Gasteiger partial charge in [-0.15, -0.1) is 0 Å². The number of benzene rings is 2. The summed E-state index contributed by atoms with van der Waals surface area (Å²) in [5.74, 6) is -0.228. The predicted octanol–water partition coefficient (Wildman–Crippen LogP) is 4.00. The molecule has 0 aromatic heterocycles. The van der Waals surface area contributed by atoms with Crippen molar-refractivity contribution < 1.29 is 23.9 Å². The molecule has 2 fully saturated rings. The summed E-state index contributed by atoms with van der Waals surface area (Å²) in [7, 11) is 1.53. The van der Waals surface area contributed by atoms with E-state index in [1.807, 2.05) is 13.8 Å². The highest BCUT2D eigenvalue weighted by Crippen LogP contribution is 2.39. The van der Waals surface area contributed by atoms with Gasteiger partial charge in [-0.2, -0.15) is 0 Å². The van der Waals surface area contributed by atoms with Crippen LogP contribution in [0.2, 0.25) is 10.0 Å². The molecule has 10 heteroatoms. The minimum atomic E-state index is -1.01. The van der Waals surface area contributed by atoms with Crippen molar-refractivity contribution in [2.24, 2.45) is 0 Å². The number of carbonyl (C=O) groups is 3. The average Bonchev–Trinajstić information content (AvgIpc) is 3.23. The maximum atomic E-state index is 13.8. The Balaban J connectivity index is 1.59. The first-order valence-electron chi connectivity index (χ1n) is 11.8. The molecular weight excluding hydrogens is 505 g/mol. The van der Waals surface area contributed by atoms with Gasteiger partial charge in [-0.1, -0.05) is 29.3 Å². The smallest absolute Gasteiger partial charge is 0.257 e. The summed E-state index contributed by atoms with van der Waals surface area (Å²) in [6, 6.07) is 10.7. The lowest BCUT2D eigenvalue weighted by atomic mass is 9.96. The Kier molecular flexibility index (Phi) is 7.78. The van der Waals surface area contributed by atoms with Crippen LogP contribution in [0.25, 0.3) is 0 Å². The van der Waals surface area contributed by atoms with E-state index in [1.54, 1.807) is 52.3 Å². The molecule has 2 aromatic carbocycles. The van der Waals surface area contributed by atoms with Crippen molar-refractivity contribution in [3.63, 3.8) is 0 Å². The van der Waals surface area contributed by atoms with Gasteiger partial charge in [-0.3, -0.25) is 19.3 Å². The van der Waals surface area contributed by atoms with Crippen LogP contribution in [0.1, 0.15) is 47.4 Å². The molecule has 2 aliphatic rings. The summed E-state index contributed by atoms with van der Waals surface area (Å²) in [6.45, 7) is 4.50. The minimum Gasteiger partial charge on any atom is -0.497 e. The van der Waals surface area contributed by atoms with Crippen LogP contribution in [0.15, 0.2) is 42.5 Å². The van der Waals surface area contributed by atoms with Gasteiger partial charge in [0, 0.05) is 43.1 Å². The van der Waals surface area contributed by atoms with Gasteiger partial charge >= 0.3 is 0 Å². The molecule has 0 saturated carbocycles. The number of ether oxygens (including phenoxy) is 2. The second-order valence-corrected chi connectivity index (χ2v) is 10.1. The molecule has 4 rings (SSSR count). The van der Waals surface area contributed by atoms with Crippen molar-refractivity contribution in [3.05, 3.63) is 63.6 Å². The van der Waals surface area contributed by atoms with Crippen LogP contribution in [-0.2, 0) is 9.53 Å². The summed E-state index contributed by atoms with van der Waals surface area (Å²) < 4.78 is 11.5. The van der Waals surface area contributed by atoms with E-state index in [1.165, 1.54) is 7.11 Å². The number of carbonyl (C=O) groups excluding carboxylic acids is 3. The third kappa shape index (κ3) is 5.16. The highest BCUT2D eigenvalue weighted by Gasteiger charge is 2.54. The Morgan fingerprint density at radius 3 is 2.36 bits per heavy atom. The third-order valence-corrected chi connectivity index (χ3v) is 7.27. The van der Waals surface area contributed by atoms with Crippen LogP contribution in [0.5, 0.6) is 5.75 Å². The molecule has 36 heavy (non-hydrogen) atoms. The van der Waals surface area contributed by atoms with Crippen molar-refractivity contribution in [1.82, 2.24) is 15.1 Å². The lowest BCUT2D eigenvalue weighted by Crippen LogP contribution is -2.60. The molecule has 1 atom stereocenters. The number of nitrogens with one attached hydrogen (secondary N) is 1. The van der Waals surface area contributed by atoms with Gasteiger partial charge in [0.05, 0.1) is 23.8 Å². The first-order valence-corrected chi connectivity index (χ1v) is 12.6. The number of halogens is 2. The zero-order chi connectivity index (χ0) is 26.0. The lowest BCUT2D eigenvalue weighted by molar-refractivity contribution is -0.128. The van der Waals surface area contributed by atoms with Crippen LogP contribution in [-0.4, -0.2) is 72.1 Å². The van der Waals surface area contributed by atoms with Gasteiger partial charge in [-0.05, 0) is 50.2 Å². The van der Waals surface area contributed by atoms with E-state index in [0.29, 0.717) is 52.9 Å². The summed E-state index contributed by atoms with van der Waals surface area (Å²) in [5.41, 5.74) is -0.171. The molecule has 8 nitrogen and oxygen atoms in total. The van der Waals surface area contributed by atoms with Crippen molar-refractivity contribution in [2.75, 3.05) is 26.8 Å². The average molecular weight is 534 g/mol. The molecule has 2 aromatic rings. The Hall–Kier alpha value is -2.81. The Labute approximate surface area is 220 Å². The van der Waals surface area contributed by atoms with Gasteiger partial charge in [-0.25, -0.2) is 0 Å². The molecule has 192 valence electrons. The maximum absolute atomic E-state index is 13.8. The molecule has 0 unspecified atom stereocenters. The van der Waals surface area contributed by atoms with Crippen LogP contribution < -0.4 is 10.1 Å². The first kappa shape index (κ1) is 26.3. The van der Waals surface area contributed by atoms with E-state index in [2.05, 4.69) is 5.32 Å². The maximum Gasteiger partial charge on any atom is 0.257 e. The summed E-state index contributed by atoms with van der Waals surface area (Å²) in [6.07, 6.45) is 0.725. The van der Waals surface area contributed by atoms with Crippen LogP contribution in [0.4, 0.5) is 0 Å². The van der Waals surface area contributed by atoms with Gasteiger partial charge in [0.25, 0.3) is 11.8 Å². The Bertz CT molecular complexity index is 1160. The van der Waals surface area contributed by atoms with E-state index < -0.39 is 11.8 Å². The van der Waals surface area contributed by atoms with E-state index in [0.717, 1.165) is 0 Å². The van der Waals surface area contributed by atoms with E-state index in [4.69, 9.17) is 32.7 Å². The number of amides is 3. The van der Waals surface area contributed by atoms with Crippen molar-refractivity contribution in [3.8, 4) is 5.75 Å². The highest BCUT2D eigenvalue weighted by atomic mass is 35.5. The fourth-order valence-corrected chi connectivity index (χ4v) is 5.01. The fraction of sp³-hybridized carbons (Fsp3) is 0.423. The van der Waals surface area contributed by atoms with Gasteiger partial charge in [0.1, 0.15) is 17.5 Å². The van der Waals surface area contributed by atoms with E-state index >= 15 is 0 Å². The number of nitrogens with zero attached hydrogens (tertiary/aromatic N) is 2. The topological polar surface area (TPSA) is 88.2 Å². The second-order valence-electron chi connectivity index (χ2n) is 9.26. The van der Waals surface area contributed by atoms with Crippen molar-refractivity contribution in [2.45, 2.75) is 44.5 Å². The van der Waals surface area contributed by atoms with E-state index in [9.17, 15) is 14.4 Å².